The maximum Gasteiger partial charge on any atom is 0.319 e. The number of pyridine rings is 1. The number of nitrogens with zero attached hydrogens (tertiary/aromatic N) is 5. The summed E-state index contributed by atoms with van der Waals surface area (Å²) < 4.78 is 93.7. The third-order valence-electron chi connectivity index (χ3n) is 9.82. The van der Waals surface area contributed by atoms with Crippen LogP contribution in [0.5, 0.6) is 11.8 Å². The first-order chi connectivity index (χ1) is 21.3. The third-order valence-corrected chi connectivity index (χ3v) is 9.82. The SMILES string of the molecule is C#Cc1c(F)ccc2cc(O)cc(-c3ncc4c(N5CC(F)(F)C5)nc(OC[C@@]56CCCN5C[C@@]5(CC5(F)F)C6)nc4c3F)c12. The highest BCUT2D eigenvalue weighted by Crippen LogP contribution is 2.69. The van der Waals surface area contributed by atoms with Crippen molar-refractivity contribution in [1.29, 1.82) is 0 Å². The van der Waals surface area contributed by atoms with E-state index < -0.39 is 47.5 Å². The lowest BCUT2D eigenvalue weighted by Crippen LogP contribution is -2.56. The molecule has 2 aromatic carbocycles. The van der Waals surface area contributed by atoms with Crippen LogP contribution in [0.4, 0.5) is 32.2 Å². The number of aromatic nitrogens is 3. The maximum absolute atomic E-state index is 16.5. The summed E-state index contributed by atoms with van der Waals surface area (Å²) in [6.45, 7) is -0.459. The molecule has 1 N–H and O–H groups in total. The highest BCUT2D eigenvalue weighted by molar-refractivity contribution is 6.03. The molecule has 2 aromatic heterocycles. The van der Waals surface area contributed by atoms with Crippen molar-refractivity contribution in [2.75, 3.05) is 37.7 Å². The number of fused-ring (bicyclic) bond motifs is 3. The second-order valence-electron chi connectivity index (χ2n) is 12.8. The van der Waals surface area contributed by atoms with Crippen LogP contribution in [-0.2, 0) is 0 Å². The lowest BCUT2D eigenvalue weighted by Gasteiger charge is -2.40. The van der Waals surface area contributed by atoms with Crippen LogP contribution in [0.2, 0.25) is 0 Å². The zero-order valence-electron chi connectivity index (χ0n) is 23.7. The molecule has 1 aliphatic carbocycles. The second-order valence-corrected chi connectivity index (χ2v) is 12.8. The van der Waals surface area contributed by atoms with Crippen LogP contribution in [0.1, 0.15) is 31.2 Å². The molecule has 0 unspecified atom stereocenters. The number of phenolic OH excluding ortho intramolecular Hbond substituents is 1. The molecule has 3 saturated heterocycles. The Bertz CT molecular complexity index is 1970. The molecule has 4 aromatic rings. The minimum Gasteiger partial charge on any atom is -0.508 e. The molecule has 232 valence electrons. The highest BCUT2D eigenvalue weighted by Gasteiger charge is 2.77. The molecule has 3 aliphatic heterocycles. The number of ether oxygens (including phenoxy) is 1. The van der Waals surface area contributed by atoms with Crippen LogP contribution in [0, 0.1) is 29.4 Å². The van der Waals surface area contributed by atoms with Gasteiger partial charge in [0.15, 0.2) is 5.82 Å². The molecule has 4 aliphatic rings. The van der Waals surface area contributed by atoms with Crippen molar-refractivity contribution in [2.45, 2.75) is 43.1 Å². The Labute approximate surface area is 252 Å². The van der Waals surface area contributed by atoms with Gasteiger partial charge >= 0.3 is 6.01 Å². The summed E-state index contributed by atoms with van der Waals surface area (Å²) in [4.78, 5) is 16.2. The summed E-state index contributed by atoms with van der Waals surface area (Å²) in [7, 11) is 0. The van der Waals surface area contributed by atoms with E-state index in [4.69, 9.17) is 11.2 Å². The first-order valence-corrected chi connectivity index (χ1v) is 14.5. The van der Waals surface area contributed by atoms with Crippen LogP contribution < -0.4 is 9.64 Å². The van der Waals surface area contributed by atoms with Gasteiger partial charge in [-0.3, -0.25) is 9.88 Å². The Morgan fingerprint density at radius 1 is 1.04 bits per heavy atom. The molecule has 7 nitrogen and oxygen atoms in total. The van der Waals surface area contributed by atoms with E-state index in [1.165, 1.54) is 29.3 Å². The van der Waals surface area contributed by atoms with Crippen molar-refractivity contribution in [3.05, 3.63) is 47.7 Å². The molecule has 0 bridgehead atoms. The smallest absolute Gasteiger partial charge is 0.319 e. The normalized spacial score (nSPS) is 26.3. The molecular formula is C32H25F6N5O2. The van der Waals surface area contributed by atoms with Gasteiger partial charge in [0.2, 0.25) is 0 Å². The average molecular weight is 626 g/mol. The Hall–Kier alpha value is -4.31. The molecule has 1 saturated carbocycles. The van der Waals surface area contributed by atoms with Gasteiger partial charge in [0.1, 0.15) is 35.2 Å². The van der Waals surface area contributed by atoms with Crippen molar-refractivity contribution in [3.63, 3.8) is 0 Å². The van der Waals surface area contributed by atoms with Crippen LogP contribution in [0.3, 0.4) is 0 Å². The van der Waals surface area contributed by atoms with Gasteiger partial charge in [-0.1, -0.05) is 12.0 Å². The van der Waals surface area contributed by atoms with Crippen molar-refractivity contribution in [1.82, 2.24) is 19.9 Å². The Morgan fingerprint density at radius 3 is 2.53 bits per heavy atom. The maximum atomic E-state index is 16.5. The standard InChI is InChI=1S/C32H25F6N5O2/c1-2-19-22(33)5-4-17-8-18(44)9-20(23(17)19)25-24(34)26-21(10-39-25)27(42-14-31(35,36)15-42)41-28(40-26)45-16-30-6-3-7-43(30)13-29(11-30)12-32(29,37)38/h1,4-5,8-10,44H,3,6-7,11-16H2/t29-,30-/m0/s1. The van der Waals surface area contributed by atoms with Gasteiger partial charge < -0.3 is 14.7 Å². The zero-order valence-corrected chi connectivity index (χ0v) is 23.7. The number of hydrogen-bond donors (Lipinski definition) is 1. The van der Waals surface area contributed by atoms with Crippen LogP contribution in [0.25, 0.3) is 32.9 Å². The molecular weight excluding hydrogens is 600 g/mol. The monoisotopic (exact) mass is 625 g/mol. The van der Waals surface area contributed by atoms with Gasteiger partial charge in [0, 0.05) is 30.1 Å². The summed E-state index contributed by atoms with van der Waals surface area (Å²) >= 11 is 0. The summed E-state index contributed by atoms with van der Waals surface area (Å²) in [6.07, 6.45) is 8.32. The molecule has 1 spiro atoms. The molecule has 0 amide bonds. The number of alkyl halides is 4. The molecule has 5 heterocycles. The number of hydrogen-bond acceptors (Lipinski definition) is 7. The minimum atomic E-state index is -2.97. The van der Waals surface area contributed by atoms with Gasteiger partial charge in [-0.2, -0.15) is 9.97 Å². The van der Waals surface area contributed by atoms with E-state index in [0.717, 1.165) is 12.5 Å². The second kappa shape index (κ2) is 9.13. The van der Waals surface area contributed by atoms with E-state index in [1.807, 2.05) is 4.90 Å². The number of aromatic hydroxyl groups is 1. The fraction of sp³-hybridized carbons (Fsp3) is 0.406. The minimum absolute atomic E-state index is 0.00272. The Balaban J connectivity index is 1.24. The number of terminal acetylenes is 1. The largest absolute Gasteiger partial charge is 0.508 e. The lowest BCUT2D eigenvalue weighted by molar-refractivity contribution is -0.0266. The number of benzene rings is 2. The molecule has 4 fully saturated rings. The number of halogens is 6. The summed E-state index contributed by atoms with van der Waals surface area (Å²) in [5.41, 5.74) is -2.53. The topological polar surface area (TPSA) is 74.6 Å². The molecule has 2 atom stereocenters. The summed E-state index contributed by atoms with van der Waals surface area (Å²) in [5.74, 6) is -5.42. The fourth-order valence-corrected chi connectivity index (χ4v) is 7.58. The molecule has 8 rings (SSSR count). The Morgan fingerprint density at radius 2 is 1.82 bits per heavy atom. The van der Waals surface area contributed by atoms with Crippen molar-refractivity contribution in [3.8, 4) is 35.4 Å². The molecule has 45 heavy (non-hydrogen) atoms. The zero-order chi connectivity index (χ0) is 31.5. The van der Waals surface area contributed by atoms with Gasteiger partial charge in [0.05, 0.1) is 35.0 Å². The van der Waals surface area contributed by atoms with Gasteiger partial charge in [-0.05, 0) is 49.4 Å². The van der Waals surface area contributed by atoms with Crippen LogP contribution >= 0.6 is 0 Å². The van der Waals surface area contributed by atoms with Crippen molar-refractivity contribution in [2.24, 2.45) is 5.41 Å². The van der Waals surface area contributed by atoms with Gasteiger partial charge in [-0.15, -0.1) is 6.42 Å². The lowest BCUT2D eigenvalue weighted by atomic mass is 9.89. The fourth-order valence-electron chi connectivity index (χ4n) is 7.58. The van der Waals surface area contributed by atoms with Crippen LogP contribution in [0.15, 0.2) is 30.5 Å². The number of anilines is 1. The predicted molar refractivity (Wildman–Crippen MR) is 153 cm³/mol. The first-order valence-electron chi connectivity index (χ1n) is 14.5. The van der Waals surface area contributed by atoms with Gasteiger partial charge in [-0.25, -0.2) is 26.3 Å². The van der Waals surface area contributed by atoms with E-state index in [2.05, 4.69) is 20.9 Å². The average Bonchev–Trinajstić information content (AvgIpc) is 3.19. The number of rotatable bonds is 5. The first kappa shape index (κ1) is 28.2. The quantitative estimate of drug-likeness (QED) is 0.219. The van der Waals surface area contributed by atoms with Gasteiger partial charge in [0.25, 0.3) is 11.8 Å². The van der Waals surface area contributed by atoms with E-state index in [0.29, 0.717) is 18.4 Å². The van der Waals surface area contributed by atoms with E-state index in [1.54, 1.807) is 0 Å². The van der Waals surface area contributed by atoms with E-state index in [9.17, 15) is 27.1 Å². The van der Waals surface area contributed by atoms with Crippen molar-refractivity contribution < 1.29 is 36.2 Å². The molecule has 0 radical (unpaired) electrons. The molecule has 13 heteroatoms. The highest BCUT2D eigenvalue weighted by atomic mass is 19.3. The van der Waals surface area contributed by atoms with E-state index >= 15 is 4.39 Å². The predicted octanol–water partition coefficient (Wildman–Crippen LogP) is 5.91. The van der Waals surface area contributed by atoms with Crippen molar-refractivity contribution >= 4 is 27.5 Å². The third kappa shape index (κ3) is 4.14. The Kier molecular flexibility index (Phi) is 5.72. The summed E-state index contributed by atoms with van der Waals surface area (Å²) in [5, 5.41) is 10.9. The summed E-state index contributed by atoms with van der Waals surface area (Å²) in [6, 6.07) is 4.78. The van der Waals surface area contributed by atoms with Crippen LogP contribution in [-0.4, -0.2) is 75.1 Å². The van der Waals surface area contributed by atoms with E-state index in [-0.39, 0.29) is 76.7 Å². The number of phenols is 1.